The smallest absolute Gasteiger partial charge is 0.391 e. The molecule has 0 bridgehead atoms. The molecule has 0 radical (unpaired) electrons. The van der Waals surface area contributed by atoms with Crippen LogP contribution in [0.25, 0.3) is 0 Å². The Bertz CT molecular complexity index is 1360. The Hall–Kier alpha value is -2.24. The van der Waals surface area contributed by atoms with E-state index >= 15 is 0 Å². The molecule has 5 rings (SSSR count). The van der Waals surface area contributed by atoms with Crippen molar-refractivity contribution in [3.63, 3.8) is 0 Å². The summed E-state index contributed by atoms with van der Waals surface area (Å²) in [7, 11) is 0. The second-order valence-corrected chi connectivity index (χ2v) is 13.4. The van der Waals surface area contributed by atoms with Crippen LogP contribution in [0.15, 0.2) is 36.4 Å². The van der Waals surface area contributed by atoms with Gasteiger partial charge in [0, 0.05) is 60.6 Å². The summed E-state index contributed by atoms with van der Waals surface area (Å²) in [5, 5.41) is 20.7. The first-order chi connectivity index (χ1) is 20.8. The first-order valence-corrected chi connectivity index (χ1v) is 16.0. The van der Waals surface area contributed by atoms with E-state index in [0.717, 1.165) is 55.1 Å². The first kappa shape index (κ1) is 33.1. The Balaban J connectivity index is 1.13. The van der Waals surface area contributed by atoms with Gasteiger partial charge in [-0.05, 0) is 86.8 Å². The Labute approximate surface area is 269 Å². The molecule has 13 heteroatoms. The topological polar surface area (TPSA) is 84.3 Å². The van der Waals surface area contributed by atoms with Gasteiger partial charge in [-0.15, -0.1) is 0 Å². The highest BCUT2D eigenvalue weighted by Crippen LogP contribution is 2.43. The van der Waals surface area contributed by atoms with Crippen LogP contribution in [0, 0.1) is 11.8 Å². The number of aliphatic hydroxyl groups is 2. The van der Waals surface area contributed by atoms with Crippen LogP contribution >= 0.6 is 34.8 Å². The maximum absolute atomic E-state index is 14.1. The number of piperidine rings is 2. The molecule has 2 aromatic carbocycles. The second kappa shape index (κ2) is 13.2. The molecule has 44 heavy (non-hydrogen) atoms. The number of nitrogens with zero attached hydrogens (tertiary/aromatic N) is 3. The minimum Gasteiger partial charge on any atom is -0.391 e. The Morgan fingerprint density at radius 2 is 1.39 bits per heavy atom. The lowest BCUT2D eigenvalue weighted by Crippen LogP contribution is -2.57. The fraction of sp³-hybridized carbons (Fsp3) is 0.548. The molecule has 3 fully saturated rings. The zero-order chi connectivity index (χ0) is 31.8. The SMILES string of the molecule is O=C(c1ccc(N2CCC(CC3CCN(C(=O)[C@](O)(c4cc(Cl)cc(Cl)c4)C(F)(F)F)CC3)CC2)cc1Cl)N1CC[C@@H](O)C1. The molecule has 3 heterocycles. The van der Waals surface area contributed by atoms with Gasteiger partial charge in [0.1, 0.15) is 0 Å². The van der Waals surface area contributed by atoms with Crippen molar-refractivity contribution in [1.29, 1.82) is 0 Å². The van der Waals surface area contributed by atoms with Gasteiger partial charge in [-0.2, -0.15) is 13.2 Å². The van der Waals surface area contributed by atoms with E-state index in [-0.39, 0.29) is 35.0 Å². The summed E-state index contributed by atoms with van der Waals surface area (Å²) in [6, 6.07) is 8.53. The van der Waals surface area contributed by atoms with Crippen LogP contribution in [-0.2, 0) is 10.4 Å². The number of rotatable bonds is 6. The van der Waals surface area contributed by atoms with E-state index in [0.29, 0.717) is 48.9 Å². The number of β-amino-alcohol motifs (C(OH)–C–C–N with tert-alkyl or cyclic N) is 1. The van der Waals surface area contributed by atoms with Gasteiger partial charge in [0.25, 0.3) is 17.4 Å². The highest BCUT2D eigenvalue weighted by atomic mass is 35.5. The largest absolute Gasteiger partial charge is 0.430 e. The average Bonchev–Trinajstić information content (AvgIpc) is 3.42. The average molecular weight is 677 g/mol. The number of amides is 2. The maximum atomic E-state index is 14.1. The van der Waals surface area contributed by atoms with Gasteiger partial charge >= 0.3 is 6.18 Å². The van der Waals surface area contributed by atoms with Crippen molar-refractivity contribution in [2.75, 3.05) is 44.2 Å². The third kappa shape index (κ3) is 6.94. The molecule has 3 aliphatic rings. The fourth-order valence-corrected chi connectivity index (χ4v) is 7.42. The summed E-state index contributed by atoms with van der Waals surface area (Å²) in [4.78, 5) is 30.9. The molecule has 0 saturated carbocycles. The van der Waals surface area contributed by atoms with Crippen molar-refractivity contribution in [3.05, 3.63) is 62.6 Å². The molecule has 2 amide bonds. The van der Waals surface area contributed by atoms with Crippen molar-refractivity contribution in [1.82, 2.24) is 9.80 Å². The molecule has 2 N–H and O–H groups in total. The van der Waals surface area contributed by atoms with Gasteiger partial charge in [0.2, 0.25) is 0 Å². The Kier molecular flexibility index (Phi) is 9.97. The summed E-state index contributed by atoms with van der Waals surface area (Å²) in [6.07, 6.45) is -1.31. The van der Waals surface area contributed by atoms with Crippen LogP contribution in [0.3, 0.4) is 0 Å². The third-order valence-electron chi connectivity index (χ3n) is 9.18. The highest BCUT2D eigenvalue weighted by Gasteiger charge is 2.62. The van der Waals surface area contributed by atoms with E-state index in [1.165, 1.54) is 6.07 Å². The summed E-state index contributed by atoms with van der Waals surface area (Å²) in [6.45, 7) is 2.68. The summed E-state index contributed by atoms with van der Waals surface area (Å²) in [5.74, 6) is -0.892. The fourth-order valence-electron chi connectivity index (χ4n) is 6.64. The van der Waals surface area contributed by atoms with Crippen molar-refractivity contribution in [2.24, 2.45) is 11.8 Å². The van der Waals surface area contributed by atoms with Crippen LogP contribution in [0.4, 0.5) is 18.9 Å². The molecular formula is C31H35Cl3F3N3O4. The number of hydrogen-bond donors (Lipinski definition) is 2. The number of alkyl halides is 3. The zero-order valence-electron chi connectivity index (χ0n) is 24.0. The number of benzene rings is 2. The molecule has 3 saturated heterocycles. The van der Waals surface area contributed by atoms with Gasteiger partial charge in [-0.3, -0.25) is 9.59 Å². The molecule has 7 nitrogen and oxygen atoms in total. The number of carbonyl (C=O) groups excluding carboxylic acids is 2. The number of anilines is 1. The van der Waals surface area contributed by atoms with Gasteiger partial charge in [-0.1, -0.05) is 34.8 Å². The molecule has 0 unspecified atom stereocenters. The molecule has 240 valence electrons. The van der Waals surface area contributed by atoms with E-state index in [2.05, 4.69) is 4.90 Å². The number of halogens is 6. The van der Waals surface area contributed by atoms with Gasteiger partial charge in [0.05, 0.1) is 16.7 Å². The van der Waals surface area contributed by atoms with Crippen molar-refractivity contribution >= 4 is 52.3 Å². The first-order valence-electron chi connectivity index (χ1n) is 14.8. The Morgan fingerprint density at radius 1 is 0.818 bits per heavy atom. The number of aliphatic hydroxyl groups excluding tert-OH is 1. The summed E-state index contributed by atoms with van der Waals surface area (Å²) < 4.78 is 42.4. The molecule has 3 aliphatic heterocycles. The normalized spacial score (nSPS) is 21.9. The van der Waals surface area contributed by atoms with Crippen LogP contribution in [-0.4, -0.2) is 83.4 Å². The minimum atomic E-state index is -5.26. The number of carbonyl (C=O) groups is 2. The lowest BCUT2D eigenvalue weighted by atomic mass is 9.82. The summed E-state index contributed by atoms with van der Waals surface area (Å²) >= 11 is 18.3. The summed E-state index contributed by atoms with van der Waals surface area (Å²) in [5.41, 5.74) is -3.08. The van der Waals surface area contributed by atoms with Crippen molar-refractivity contribution < 1.29 is 33.0 Å². The van der Waals surface area contributed by atoms with Crippen molar-refractivity contribution in [2.45, 2.75) is 56.4 Å². The van der Waals surface area contributed by atoms with Crippen LogP contribution in [0.2, 0.25) is 15.1 Å². The van der Waals surface area contributed by atoms with Crippen LogP contribution < -0.4 is 4.90 Å². The minimum absolute atomic E-state index is 0.109. The zero-order valence-corrected chi connectivity index (χ0v) is 26.3. The van der Waals surface area contributed by atoms with Gasteiger partial charge in [0.15, 0.2) is 0 Å². The van der Waals surface area contributed by atoms with Gasteiger partial charge < -0.3 is 24.9 Å². The monoisotopic (exact) mass is 675 g/mol. The molecular weight excluding hydrogens is 642 g/mol. The number of likely N-dealkylation sites (tertiary alicyclic amines) is 2. The van der Waals surface area contributed by atoms with Crippen LogP contribution in [0.5, 0.6) is 0 Å². The number of hydrogen-bond acceptors (Lipinski definition) is 5. The van der Waals surface area contributed by atoms with E-state index in [1.54, 1.807) is 11.0 Å². The lowest BCUT2D eigenvalue weighted by Gasteiger charge is -2.40. The maximum Gasteiger partial charge on any atom is 0.430 e. The second-order valence-electron chi connectivity index (χ2n) is 12.1. The van der Waals surface area contributed by atoms with E-state index in [4.69, 9.17) is 34.8 Å². The Morgan fingerprint density at radius 3 is 1.91 bits per heavy atom. The van der Waals surface area contributed by atoms with E-state index < -0.39 is 29.4 Å². The molecule has 0 aliphatic carbocycles. The molecule has 0 aromatic heterocycles. The molecule has 0 spiro atoms. The predicted octanol–water partition coefficient (Wildman–Crippen LogP) is 6.15. The van der Waals surface area contributed by atoms with E-state index in [9.17, 15) is 33.0 Å². The van der Waals surface area contributed by atoms with Crippen LogP contribution in [0.1, 0.15) is 54.4 Å². The highest BCUT2D eigenvalue weighted by molar-refractivity contribution is 6.35. The molecule has 2 atom stereocenters. The standard InChI is InChI=1S/C31H35Cl3F3N3O4/c32-22-14-21(15-23(33)16-22)30(44,31(35,36)37)29(43)39-10-5-20(6-11-39)13-19-3-8-38(9-4-19)24-1-2-26(27(34)17-24)28(42)40-12-7-25(41)18-40/h1-2,14-17,19-20,25,41,44H,3-13,18H2/t25-,30-/m1/s1. The third-order valence-corrected chi connectivity index (χ3v) is 9.93. The molecule has 2 aromatic rings. The van der Waals surface area contributed by atoms with Gasteiger partial charge in [-0.25, -0.2) is 0 Å². The predicted molar refractivity (Wildman–Crippen MR) is 163 cm³/mol. The van der Waals surface area contributed by atoms with Crippen molar-refractivity contribution in [3.8, 4) is 0 Å². The lowest BCUT2D eigenvalue weighted by molar-refractivity contribution is -0.262. The van der Waals surface area contributed by atoms with E-state index in [1.807, 2.05) is 12.1 Å². The quantitative estimate of drug-likeness (QED) is 0.384.